The van der Waals surface area contributed by atoms with E-state index in [-0.39, 0.29) is 0 Å². The maximum atomic E-state index is 12.4. The Morgan fingerprint density at radius 1 is 0.806 bits per heavy atom. The number of benzene rings is 3. The van der Waals surface area contributed by atoms with Gasteiger partial charge < -0.3 is 24.5 Å². The molecule has 0 unspecified atom stereocenters. The van der Waals surface area contributed by atoms with Crippen LogP contribution in [0.15, 0.2) is 77.2 Å². The maximum Gasteiger partial charge on any atom is 0.323 e. The van der Waals surface area contributed by atoms with Crippen molar-refractivity contribution in [3.63, 3.8) is 0 Å². The van der Waals surface area contributed by atoms with Crippen molar-refractivity contribution in [1.29, 1.82) is 0 Å². The second kappa shape index (κ2) is 9.00. The molecule has 31 heavy (non-hydrogen) atoms. The molecule has 0 saturated carbocycles. The van der Waals surface area contributed by atoms with Crippen LogP contribution in [0.3, 0.4) is 0 Å². The minimum absolute atomic E-state index is 0.399. The summed E-state index contributed by atoms with van der Waals surface area (Å²) in [5, 5.41) is 13.7. The van der Waals surface area contributed by atoms with E-state index in [9.17, 15) is 4.79 Å². The van der Waals surface area contributed by atoms with Gasteiger partial charge in [0.2, 0.25) is 11.8 Å². The summed E-state index contributed by atoms with van der Waals surface area (Å²) in [6.07, 6.45) is 0. The molecule has 0 radical (unpaired) electrons. The van der Waals surface area contributed by atoms with Crippen LogP contribution in [0.2, 0.25) is 0 Å². The van der Waals surface area contributed by atoms with Gasteiger partial charge in [-0.3, -0.25) is 0 Å². The molecule has 8 heteroatoms. The van der Waals surface area contributed by atoms with E-state index < -0.39 is 6.03 Å². The Labute approximate surface area is 178 Å². The normalized spacial score (nSPS) is 10.4. The topological polar surface area (TPSA) is 98.5 Å². The Kier molecular flexibility index (Phi) is 5.79. The third kappa shape index (κ3) is 4.64. The minimum atomic E-state index is -0.413. The number of urea groups is 1. The molecule has 8 nitrogen and oxygen atoms in total. The highest BCUT2D eigenvalue weighted by Gasteiger charge is 2.12. The van der Waals surface area contributed by atoms with E-state index in [0.717, 1.165) is 11.1 Å². The quantitative estimate of drug-likeness (QED) is 0.456. The van der Waals surface area contributed by atoms with Crippen LogP contribution in [0.5, 0.6) is 11.5 Å². The molecule has 0 bridgehead atoms. The number of amides is 2. The molecule has 0 aliphatic carbocycles. The summed E-state index contributed by atoms with van der Waals surface area (Å²) in [5.74, 6) is 1.98. The fourth-order valence-corrected chi connectivity index (χ4v) is 2.93. The molecule has 0 atom stereocenters. The lowest BCUT2D eigenvalue weighted by Crippen LogP contribution is -2.19. The maximum absolute atomic E-state index is 12.4. The van der Waals surface area contributed by atoms with E-state index in [0.29, 0.717) is 34.7 Å². The number of carbonyl (C=O) groups is 1. The number of nitrogens with one attached hydrogen (secondary N) is 2. The summed E-state index contributed by atoms with van der Waals surface area (Å²) in [7, 11) is 3.09. The fraction of sp³-hybridized carbons (Fsp3) is 0.0870. The first-order chi connectivity index (χ1) is 15.2. The highest BCUT2D eigenvalue weighted by Crippen LogP contribution is 2.29. The van der Waals surface area contributed by atoms with Crippen molar-refractivity contribution < 1.29 is 18.7 Å². The van der Waals surface area contributed by atoms with Gasteiger partial charge in [-0.15, -0.1) is 10.2 Å². The van der Waals surface area contributed by atoms with E-state index in [2.05, 4.69) is 20.8 Å². The molecule has 0 saturated heterocycles. The van der Waals surface area contributed by atoms with Crippen LogP contribution in [0, 0.1) is 0 Å². The van der Waals surface area contributed by atoms with Gasteiger partial charge in [-0.1, -0.05) is 18.2 Å². The van der Waals surface area contributed by atoms with Gasteiger partial charge in [0.05, 0.1) is 19.9 Å². The number of ether oxygens (including phenoxy) is 2. The van der Waals surface area contributed by atoms with Gasteiger partial charge in [-0.05, 0) is 48.5 Å². The van der Waals surface area contributed by atoms with Crippen LogP contribution in [0.4, 0.5) is 16.2 Å². The monoisotopic (exact) mass is 416 g/mol. The van der Waals surface area contributed by atoms with Gasteiger partial charge in [0.15, 0.2) is 0 Å². The standard InChI is InChI=1S/C23H20N4O4/c1-29-18-12-13-20(30-2)19(14-18)25-23(28)24-17-10-8-16(9-11-17)22-27-26-21(31-22)15-6-4-3-5-7-15/h3-14H,1-2H3,(H2,24,25,28). The van der Waals surface area contributed by atoms with Gasteiger partial charge >= 0.3 is 6.03 Å². The van der Waals surface area contributed by atoms with Crippen molar-refractivity contribution >= 4 is 17.4 Å². The third-order valence-corrected chi connectivity index (χ3v) is 4.49. The fourth-order valence-electron chi connectivity index (χ4n) is 2.93. The lowest BCUT2D eigenvalue weighted by atomic mass is 10.2. The van der Waals surface area contributed by atoms with Gasteiger partial charge in [0, 0.05) is 22.9 Å². The molecule has 3 aromatic carbocycles. The molecule has 4 aromatic rings. The number of hydrogen-bond acceptors (Lipinski definition) is 6. The van der Waals surface area contributed by atoms with Gasteiger partial charge in [-0.25, -0.2) is 4.79 Å². The van der Waals surface area contributed by atoms with Crippen LogP contribution < -0.4 is 20.1 Å². The molecule has 156 valence electrons. The summed E-state index contributed by atoms with van der Waals surface area (Å²) in [4.78, 5) is 12.4. The summed E-state index contributed by atoms with van der Waals surface area (Å²) in [5.41, 5.74) is 2.69. The molecule has 2 N–H and O–H groups in total. The lowest BCUT2D eigenvalue weighted by Gasteiger charge is -2.12. The van der Waals surface area contributed by atoms with E-state index in [1.807, 2.05) is 30.3 Å². The Hall–Kier alpha value is -4.33. The van der Waals surface area contributed by atoms with E-state index in [1.165, 1.54) is 7.11 Å². The number of aromatic nitrogens is 2. The highest BCUT2D eigenvalue weighted by atomic mass is 16.5. The molecule has 0 spiro atoms. The SMILES string of the molecule is COc1ccc(OC)c(NC(=O)Nc2ccc(-c3nnc(-c4ccccc4)o3)cc2)c1. The second-order valence-corrected chi connectivity index (χ2v) is 6.50. The Morgan fingerprint density at radius 2 is 1.48 bits per heavy atom. The zero-order chi connectivity index (χ0) is 21.6. The Morgan fingerprint density at radius 3 is 2.13 bits per heavy atom. The van der Waals surface area contributed by atoms with Crippen LogP contribution in [-0.4, -0.2) is 30.4 Å². The second-order valence-electron chi connectivity index (χ2n) is 6.50. The molecule has 4 rings (SSSR count). The predicted octanol–water partition coefficient (Wildman–Crippen LogP) is 5.06. The number of rotatable bonds is 6. The minimum Gasteiger partial charge on any atom is -0.497 e. The number of carbonyl (C=O) groups excluding carboxylic acids is 1. The number of anilines is 2. The molecule has 0 aliphatic heterocycles. The molecular formula is C23H20N4O4. The van der Waals surface area contributed by atoms with Crippen molar-refractivity contribution in [2.45, 2.75) is 0 Å². The first-order valence-electron chi connectivity index (χ1n) is 9.45. The third-order valence-electron chi connectivity index (χ3n) is 4.49. The largest absolute Gasteiger partial charge is 0.497 e. The van der Waals surface area contributed by atoms with E-state index in [1.54, 1.807) is 49.6 Å². The number of nitrogens with zero attached hydrogens (tertiary/aromatic N) is 2. The van der Waals surface area contributed by atoms with Crippen LogP contribution in [0.1, 0.15) is 0 Å². The first-order valence-corrected chi connectivity index (χ1v) is 9.45. The Balaban J connectivity index is 1.43. The number of hydrogen-bond donors (Lipinski definition) is 2. The van der Waals surface area contributed by atoms with Crippen LogP contribution >= 0.6 is 0 Å². The van der Waals surface area contributed by atoms with Gasteiger partial charge in [0.25, 0.3) is 0 Å². The Bertz CT molecular complexity index is 1170. The van der Waals surface area contributed by atoms with E-state index >= 15 is 0 Å². The average Bonchev–Trinajstić information content (AvgIpc) is 3.30. The average molecular weight is 416 g/mol. The lowest BCUT2D eigenvalue weighted by molar-refractivity contribution is 0.262. The van der Waals surface area contributed by atoms with Crippen LogP contribution in [0.25, 0.3) is 22.9 Å². The van der Waals surface area contributed by atoms with Crippen molar-refractivity contribution in [2.75, 3.05) is 24.9 Å². The summed E-state index contributed by atoms with van der Waals surface area (Å²) in [6, 6.07) is 21.4. The van der Waals surface area contributed by atoms with Gasteiger partial charge in [0.1, 0.15) is 11.5 Å². The highest BCUT2D eigenvalue weighted by molar-refractivity contribution is 6.00. The number of methoxy groups -OCH3 is 2. The zero-order valence-electron chi connectivity index (χ0n) is 17.0. The van der Waals surface area contributed by atoms with Crippen molar-refractivity contribution in [2.24, 2.45) is 0 Å². The summed E-state index contributed by atoms with van der Waals surface area (Å²) >= 11 is 0. The molecule has 0 aliphatic rings. The molecule has 1 heterocycles. The molecular weight excluding hydrogens is 396 g/mol. The van der Waals surface area contributed by atoms with Crippen molar-refractivity contribution in [3.05, 3.63) is 72.8 Å². The molecule has 1 aromatic heterocycles. The molecule has 2 amide bonds. The van der Waals surface area contributed by atoms with Crippen LogP contribution in [-0.2, 0) is 0 Å². The first kappa shape index (κ1) is 20.0. The smallest absolute Gasteiger partial charge is 0.323 e. The molecule has 0 fully saturated rings. The van der Waals surface area contributed by atoms with Crippen molar-refractivity contribution in [3.8, 4) is 34.4 Å². The van der Waals surface area contributed by atoms with Gasteiger partial charge in [-0.2, -0.15) is 0 Å². The summed E-state index contributed by atoms with van der Waals surface area (Å²) in [6.45, 7) is 0. The van der Waals surface area contributed by atoms with Crippen molar-refractivity contribution in [1.82, 2.24) is 10.2 Å². The van der Waals surface area contributed by atoms with E-state index in [4.69, 9.17) is 13.9 Å². The summed E-state index contributed by atoms with van der Waals surface area (Å²) < 4.78 is 16.2. The predicted molar refractivity (Wildman–Crippen MR) is 117 cm³/mol. The zero-order valence-corrected chi connectivity index (χ0v) is 17.0.